The van der Waals surface area contributed by atoms with Gasteiger partial charge in [0, 0.05) is 40.7 Å². The van der Waals surface area contributed by atoms with Crippen LogP contribution in [-0.2, 0) is 26.6 Å². The van der Waals surface area contributed by atoms with Gasteiger partial charge >= 0.3 is 18.1 Å². The first-order chi connectivity index (χ1) is 22.7. The smallest absolute Gasteiger partial charge is 0.416 e. The van der Waals surface area contributed by atoms with Crippen LogP contribution in [0.4, 0.5) is 24.5 Å². The van der Waals surface area contributed by atoms with E-state index in [0.29, 0.717) is 23.4 Å². The van der Waals surface area contributed by atoms with E-state index < -0.39 is 34.5 Å². The van der Waals surface area contributed by atoms with Crippen molar-refractivity contribution in [2.24, 2.45) is 0 Å². The third kappa shape index (κ3) is 5.35. The van der Waals surface area contributed by atoms with E-state index in [0.717, 1.165) is 44.6 Å². The summed E-state index contributed by atoms with van der Waals surface area (Å²) >= 11 is 0. The molecule has 0 radical (unpaired) electrons. The lowest BCUT2D eigenvalue weighted by atomic mass is 9.74. The SMILES string of the molecule is C/C=C/CC1(C)C(=CC2=[N+](CCC(=O)O)c3ccc(C(F)(F)F)cc3C2(C)C)N(CCC(=O)O)c2c1c1ccccc1c1ccccc21. The number of carboxylic acids is 2. The highest BCUT2D eigenvalue weighted by molar-refractivity contribution is 6.18. The van der Waals surface area contributed by atoms with Crippen molar-refractivity contribution in [1.82, 2.24) is 0 Å². The molecule has 48 heavy (non-hydrogen) atoms. The second-order valence-corrected chi connectivity index (χ2v) is 13.3. The summed E-state index contributed by atoms with van der Waals surface area (Å²) in [5.74, 6) is -1.97. The predicted molar refractivity (Wildman–Crippen MR) is 182 cm³/mol. The summed E-state index contributed by atoms with van der Waals surface area (Å²) in [5, 5.41) is 23.7. The highest BCUT2D eigenvalue weighted by Gasteiger charge is 2.50. The summed E-state index contributed by atoms with van der Waals surface area (Å²) in [5.41, 5.74) is 2.01. The number of fused-ring (bicyclic) bond motifs is 7. The molecule has 2 heterocycles. The minimum atomic E-state index is -4.55. The van der Waals surface area contributed by atoms with E-state index >= 15 is 0 Å². The van der Waals surface area contributed by atoms with Gasteiger partial charge < -0.3 is 15.1 Å². The fraction of sp³-hybridized carbons (Fsp3) is 0.308. The van der Waals surface area contributed by atoms with Crippen LogP contribution in [0.5, 0.6) is 0 Å². The van der Waals surface area contributed by atoms with E-state index in [9.17, 15) is 33.0 Å². The molecule has 4 aromatic carbocycles. The van der Waals surface area contributed by atoms with Crippen molar-refractivity contribution in [2.75, 3.05) is 18.0 Å². The van der Waals surface area contributed by atoms with E-state index in [4.69, 9.17) is 0 Å². The van der Waals surface area contributed by atoms with Gasteiger partial charge in [0.15, 0.2) is 12.3 Å². The highest BCUT2D eigenvalue weighted by Crippen LogP contribution is 2.57. The van der Waals surface area contributed by atoms with Crippen molar-refractivity contribution in [3.8, 4) is 0 Å². The Morgan fingerprint density at radius 3 is 2.08 bits per heavy atom. The Kier molecular flexibility index (Phi) is 8.22. The van der Waals surface area contributed by atoms with E-state index in [1.165, 1.54) is 12.1 Å². The first-order valence-electron chi connectivity index (χ1n) is 16.0. The van der Waals surface area contributed by atoms with Gasteiger partial charge in [0.2, 0.25) is 5.69 Å². The van der Waals surface area contributed by atoms with Crippen LogP contribution < -0.4 is 4.90 Å². The average molecular weight is 656 g/mol. The number of anilines is 1. The van der Waals surface area contributed by atoms with Crippen molar-refractivity contribution >= 4 is 50.6 Å². The molecule has 0 bridgehead atoms. The molecule has 4 aromatic rings. The fourth-order valence-corrected chi connectivity index (χ4v) is 7.63. The topological polar surface area (TPSA) is 80.9 Å². The van der Waals surface area contributed by atoms with Gasteiger partial charge in [0.1, 0.15) is 6.42 Å². The second-order valence-electron chi connectivity index (χ2n) is 13.3. The molecular weight excluding hydrogens is 617 g/mol. The van der Waals surface area contributed by atoms with Crippen molar-refractivity contribution < 1.29 is 37.5 Å². The molecule has 0 amide bonds. The number of hydrogen-bond acceptors (Lipinski definition) is 3. The maximum absolute atomic E-state index is 13.9. The number of rotatable bonds is 9. The molecule has 1 unspecified atom stereocenters. The number of aliphatic carboxylic acids is 2. The van der Waals surface area contributed by atoms with Gasteiger partial charge in [0.25, 0.3) is 0 Å². The average Bonchev–Trinajstić information content (AvgIpc) is 3.41. The number of allylic oxidation sites excluding steroid dienone is 4. The molecule has 0 fully saturated rings. The lowest BCUT2D eigenvalue weighted by Gasteiger charge is -2.30. The maximum atomic E-state index is 13.9. The Morgan fingerprint density at radius 1 is 0.875 bits per heavy atom. The number of carbonyl (C=O) groups is 2. The Morgan fingerprint density at radius 2 is 1.48 bits per heavy atom. The van der Waals surface area contributed by atoms with E-state index in [1.54, 1.807) is 0 Å². The zero-order valence-electron chi connectivity index (χ0n) is 27.4. The summed E-state index contributed by atoms with van der Waals surface area (Å²) in [6, 6.07) is 19.9. The van der Waals surface area contributed by atoms with Crippen LogP contribution in [-0.4, -0.2) is 45.5 Å². The van der Waals surface area contributed by atoms with Crippen LogP contribution in [0, 0.1) is 0 Å². The van der Waals surface area contributed by atoms with E-state index in [2.05, 4.69) is 36.1 Å². The summed E-state index contributed by atoms with van der Waals surface area (Å²) in [7, 11) is 0. The summed E-state index contributed by atoms with van der Waals surface area (Å²) in [6.45, 7) is 8.01. The molecule has 0 spiro atoms. The van der Waals surface area contributed by atoms with Gasteiger partial charge in [-0.15, -0.1) is 0 Å². The molecule has 0 aliphatic carbocycles. The normalized spacial score (nSPS) is 19.6. The number of hydrogen-bond donors (Lipinski definition) is 2. The fourth-order valence-electron chi connectivity index (χ4n) is 7.63. The van der Waals surface area contributed by atoms with Gasteiger partial charge in [-0.1, -0.05) is 60.7 Å². The van der Waals surface area contributed by atoms with Gasteiger partial charge in [-0.25, -0.2) is 0 Å². The number of nitrogens with zero attached hydrogens (tertiary/aromatic N) is 2. The molecule has 2 aliphatic heterocycles. The molecule has 0 saturated carbocycles. The minimum absolute atomic E-state index is 0.0513. The molecule has 1 atom stereocenters. The van der Waals surface area contributed by atoms with E-state index in [-0.39, 0.29) is 25.9 Å². The molecule has 6 nitrogen and oxygen atoms in total. The van der Waals surface area contributed by atoms with Crippen LogP contribution in [0.25, 0.3) is 21.5 Å². The largest absolute Gasteiger partial charge is 0.481 e. The van der Waals surface area contributed by atoms with Gasteiger partial charge in [-0.3, -0.25) is 9.59 Å². The Bertz CT molecular complexity index is 2080. The van der Waals surface area contributed by atoms with Gasteiger partial charge in [0.05, 0.1) is 23.1 Å². The number of benzene rings is 4. The monoisotopic (exact) mass is 655 g/mol. The standard InChI is InChI=1S/C39H37F3N2O4/c1-5-6-19-38(4)32(23-31-37(2,3)29-22-24(39(40,41)42)15-16-30(29)43(31)20-17-33(45)46)44(21-18-34(47)48)36-28-14-10-8-12-26(28)25-11-7-9-13-27(25)35(36)38/h5-16,22-23H,17-21H2,1-4H3,(H-,45,46,47,48)/p+1/b6-5+. The maximum Gasteiger partial charge on any atom is 0.416 e. The molecule has 248 valence electrons. The van der Waals surface area contributed by atoms with Crippen LogP contribution >= 0.6 is 0 Å². The summed E-state index contributed by atoms with van der Waals surface area (Å²) < 4.78 is 43.6. The number of halogens is 3. The van der Waals surface area contributed by atoms with Crippen LogP contribution in [0.15, 0.2) is 90.7 Å². The zero-order valence-corrected chi connectivity index (χ0v) is 27.4. The van der Waals surface area contributed by atoms with Crippen LogP contribution in [0.2, 0.25) is 0 Å². The van der Waals surface area contributed by atoms with E-state index in [1.807, 2.05) is 67.8 Å². The van der Waals surface area contributed by atoms with Crippen molar-refractivity contribution in [2.45, 2.75) is 64.0 Å². The van der Waals surface area contributed by atoms with Crippen molar-refractivity contribution in [1.29, 1.82) is 0 Å². The highest BCUT2D eigenvalue weighted by atomic mass is 19.4. The Balaban J connectivity index is 1.70. The third-order valence-electron chi connectivity index (χ3n) is 9.94. The first kappa shape index (κ1) is 33.0. The van der Waals surface area contributed by atoms with Crippen LogP contribution in [0.1, 0.15) is 63.6 Å². The lowest BCUT2D eigenvalue weighted by molar-refractivity contribution is -0.436. The Hall–Kier alpha value is -4.92. The quantitative estimate of drug-likeness (QED) is 0.107. The third-order valence-corrected chi connectivity index (χ3v) is 9.94. The Labute approximate surface area is 277 Å². The number of carboxylic acid groups (broad SMARTS) is 2. The summed E-state index contributed by atoms with van der Waals surface area (Å²) in [4.78, 5) is 26.0. The molecule has 0 aromatic heterocycles. The first-order valence-corrected chi connectivity index (χ1v) is 16.0. The molecule has 2 N–H and O–H groups in total. The molecular formula is C39H38F3N2O4+. The lowest BCUT2D eigenvalue weighted by Crippen LogP contribution is -2.35. The van der Waals surface area contributed by atoms with Gasteiger partial charge in [-0.05, 0) is 68.0 Å². The molecule has 6 rings (SSSR count). The zero-order chi connectivity index (χ0) is 34.6. The predicted octanol–water partition coefficient (Wildman–Crippen LogP) is 8.97. The van der Waals surface area contributed by atoms with Crippen molar-refractivity contribution in [3.63, 3.8) is 0 Å². The second kappa shape index (κ2) is 12.0. The van der Waals surface area contributed by atoms with Gasteiger partial charge in [-0.2, -0.15) is 17.7 Å². The van der Waals surface area contributed by atoms with Crippen molar-refractivity contribution in [3.05, 3.63) is 107 Å². The molecule has 9 heteroatoms. The molecule has 0 saturated heterocycles. The minimum Gasteiger partial charge on any atom is -0.481 e. The summed E-state index contributed by atoms with van der Waals surface area (Å²) in [6.07, 6.45) is 1.70. The molecule has 2 aliphatic rings. The number of alkyl halides is 3. The van der Waals surface area contributed by atoms with Crippen LogP contribution in [0.3, 0.4) is 0 Å².